The van der Waals surface area contributed by atoms with Gasteiger partial charge >= 0.3 is 6.03 Å². The van der Waals surface area contributed by atoms with Gasteiger partial charge in [-0.05, 0) is 51.7 Å². The van der Waals surface area contributed by atoms with Gasteiger partial charge in [-0.1, -0.05) is 36.9 Å². The van der Waals surface area contributed by atoms with Crippen LogP contribution in [-0.4, -0.2) is 65.6 Å². The quantitative estimate of drug-likeness (QED) is 0.302. The zero-order chi connectivity index (χ0) is 29.0. The molecule has 0 bridgehead atoms. The van der Waals surface area contributed by atoms with Crippen molar-refractivity contribution < 1.29 is 19.1 Å². The number of carbonyl (C=O) groups excluding carboxylic acids is 3. The molecule has 40 heavy (non-hydrogen) atoms. The van der Waals surface area contributed by atoms with Crippen molar-refractivity contribution in [2.75, 3.05) is 38.4 Å². The van der Waals surface area contributed by atoms with Gasteiger partial charge in [0.2, 0.25) is 5.91 Å². The highest BCUT2D eigenvalue weighted by atomic mass is 16.5. The van der Waals surface area contributed by atoms with E-state index in [1.54, 1.807) is 23.1 Å². The van der Waals surface area contributed by atoms with Crippen LogP contribution in [0.1, 0.15) is 47.1 Å². The van der Waals surface area contributed by atoms with Crippen LogP contribution >= 0.6 is 0 Å². The largest absolute Gasteiger partial charge is 0.496 e. The number of aromatic amines is 1. The summed E-state index contributed by atoms with van der Waals surface area (Å²) in [5.74, 6) is -0.203. The molecule has 3 aromatic rings. The second-order valence-electron chi connectivity index (χ2n) is 10.3. The Morgan fingerprint density at radius 1 is 1.18 bits per heavy atom. The lowest BCUT2D eigenvalue weighted by molar-refractivity contribution is -0.111. The third-order valence-corrected chi connectivity index (χ3v) is 6.89. The summed E-state index contributed by atoms with van der Waals surface area (Å²) in [6.45, 7) is 8.20. The summed E-state index contributed by atoms with van der Waals surface area (Å²) in [5, 5.41) is 16.0. The SMILES string of the molecule is C=CC(=O)Nc1ccc(C(=O)Nc2n[nH]c3c2CN(C(=O)N[C@H](CN(C)C)c2ccccc2)C3(C)C)c(OC)c1. The number of ether oxygens (including phenoxy) is 1. The van der Waals surface area contributed by atoms with Crippen molar-refractivity contribution in [2.45, 2.75) is 32.0 Å². The Labute approximate surface area is 233 Å². The smallest absolute Gasteiger partial charge is 0.319 e. The van der Waals surface area contributed by atoms with Crippen molar-refractivity contribution >= 4 is 29.4 Å². The molecule has 210 valence electrons. The van der Waals surface area contributed by atoms with E-state index in [1.807, 2.05) is 63.2 Å². The van der Waals surface area contributed by atoms with Gasteiger partial charge in [-0.2, -0.15) is 5.10 Å². The Kier molecular flexibility index (Phi) is 8.24. The van der Waals surface area contributed by atoms with Crippen LogP contribution in [0, 0.1) is 0 Å². The Morgan fingerprint density at radius 2 is 1.90 bits per heavy atom. The number of nitrogens with zero attached hydrogens (tertiary/aromatic N) is 3. The Bertz CT molecular complexity index is 1410. The number of H-pyrrole nitrogens is 1. The second-order valence-corrected chi connectivity index (χ2v) is 10.3. The standard InChI is InChI=1S/C29H35N7O4/c1-7-24(37)30-19-13-14-20(23(15-19)40-6)27(38)32-26-21-16-36(29(2,3)25(21)33-34-26)28(39)31-22(17-35(4)5)18-11-9-8-10-12-18/h7-15,22H,1,16-17H2,2-6H3,(H,30,37)(H,31,39)(H2,32,33,34,38)/t22-/m1/s1. The molecular formula is C29H35N7O4. The van der Waals surface area contributed by atoms with E-state index in [0.717, 1.165) is 22.9 Å². The normalized spacial score (nSPS) is 14.3. The fourth-order valence-corrected chi connectivity index (χ4v) is 4.78. The molecule has 0 radical (unpaired) electrons. The summed E-state index contributed by atoms with van der Waals surface area (Å²) in [6.07, 6.45) is 1.15. The summed E-state index contributed by atoms with van der Waals surface area (Å²) in [4.78, 5) is 42.2. The molecular weight excluding hydrogens is 510 g/mol. The first kappa shape index (κ1) is 28.4. The Morgan fingerprint density at radius 3 is 2.55 bits per heavy atom. The van der Waals surface area contributed by atoms with Gasteiger partial charge in [-0.15, -0.1) is 0 Å². The summed E-state index contributed by atoms with van der Waals surface area (Å²) in [5.41, 5.74) is 2.51. The summed E-state index contributed by atoms with van der Waals surface area (Å²) >= 11 is 0. The number of fused-ring (bicyclic) bond motifs is 1. The molecule has 2 heterocycles. The molecule has 11 heteroatoms. The molecule has 4 rings (SSSR count). The summed E-state index contributed by atoms with van der Waals surface area (Å²) < 4.78 is 5.39. The maximum atomic E-state index is 13.6. The number of anilines is 2. The highest BCUT2D eigenvalue weighted by molar-refractivity contribution is 6.07. The van der Waals surface area contributed by atoms with Crippen LogP contribution in [0.2, 0.25) is 0 Å². The predicted molar refractivity (Wildman–Crippen MR) is 153 cm³/mol. The van der Waals surface area contributed by atoms with Gasteiger partial charge in [0.1, 0.15) is 5.75 Å². The van der Waals surface area contributed by atoms with Gasteiger partial charge in [-0.25, -0.2) is 4.79 Å². The van der Waals surface area contributed by atoms with Gasteiger partial charge < -0.3 is 30.5 Å². The van der Waals surface area contributed by atoms with Crippen molar-refractivity contribution in [3.05, 3.63) is 83.6 Å². The minimum atomic E-state index is -0.697. The monoisotopic (exact) mass is 545 g/mol. The average Bonchev–Trinajstić information content (AvgIpc) is 3.45. The van der Waals surface area contributed by atoms with E-state index in [2.05, 4.69) is 32.7 Å². The number of hydrogen-bond donors (Lipinski definition) is 4. The van der Waals surface area contributed by atoms with Gasteiger partial charge in [0, 0.05) is 23.9 Å². The zero-order valence-corrected chi connectivity index (χ0v) is 23.4. The van der Waals surface area contributed by atoms with Gasteiger partial charge in [0.05, 0.1) is 36.5 Å². The molecule has 1 aromatic heterocycles. The predicted octanol–water partition coefficient (Wildman–Crippen LogP) is 3.86. The molecule has 2 aromatic carbocycles. The minimum Gasteiger partial charge on any atom is -0.496 e. The van der Waals surface area contributed by atoms with E-state index in [0.29, 0.717) is 18.1 Å². The summed E-state index contributed by atoms with van der Waals surface area (Å²) in [6, 6.07) is 14.1. The average molecular weight is 546 g/mol. The minimum absolute atomic E-state index is 0.206. The number of hydrogen-bond acceptors (Lipinski definition) is 6. The Balaban J connectivity index is 1.52. The number of methoxy groups -OCH3 is 1. The lowest BCUT2D eigenvalue weighted by Gasteiger charge is -2.34. The van der Waals surface area contributed by atoms with Gasteiger partial charge in [0.15, 0.2) is 5.82 Å². The third kappa shape index (κ3) is 5.84. The third-order valence-electron chi connectivity index (χ3n) is 6.89. The van der Waals surface area contributed by atoms with Crippen molar-refractivity contribution in [3.63, 3.8) is 0 Å². The fourth-order valence-electron chi connectivity index (χ4n) is 4.78. The van der Waals surface area contributed by atoms with Crippen molar-refractivity contribution in [1.82, 2.24) is 25.3 Å². The molecule has 0 fully saturated rings. The van der Waals surface area contributed by atoms with Crippen molar-refractivity contribution in [1.29, 1.82) is 0 Å². The second kappa shape index (κ2) is 11.6. The van der Waals surface area contributed by atoms with E-state index in [-0.39, 0.29) is 35.8 Å². The molecule has 4 N–H and O–H groups in total. The van der Waals surface area contributed by atoms with Crippen LogP contribution in [-0.2, 0) is 16.9 Å². The fraction of sp³-hybridized carbons (Fsp3) is 0.310. The van der Waals surface area contributed by atoms with E-state index in [4.69, 9.17) is 4.74 Å². The molecule has 0 spiro atoms. The zero-order valence-electron chi connectivity index (χ0n) is 23.4. The molecule has 0 saturated carbocycles. The van der Waals surface area contributed by atoms with Gasteiger partial charge in [0.25, 0.3) is 5.91 Å². The maximum absolute atomic E-state index is 13.6. The lowest BCUT2D eigenvalue weighted by atomic mass is 10.0. The first-order valence-electron chi connectivity index (χ1n) is 12.8. The molecule has 1 aliphatic heterocycles. The number of likely N-dealkylation sites (N-methyl/N-ethyl adjacent to an activating group) is 1. The number of nitrogens with one attached hydrogen (secondary N) is 4. The van der Waals surface area contributed by atoms with Crippen molar-refractivity contribution in [2.24, 2.45) is 0 Å². The highest BCUT2D eigenvalue weighted by Crippen LogP contribution is 2.41. The number of amides is 4. The van der Waals surface area contributed by atoms with Crippen LogP contribution in [0.4, 0.5) is 16.3 Å². The Hall–Kier alpha value is -4.64. The number of rotatable bonds is 9. The van der Waals surface area contributed by atoms with Crippen LogP contribution in [0.15, 0.2) is 61.2 Å². The number of urea groups is 1. The van der Waals surface area contributed by atoms with Crippen LogP contribution in [0.5, 0.6) is 5.75 Å². The first-order valence-corrected chi connectivity index (χ1v) is 12.8. The first-order chi connectivity index (χ1) is 19.0. The van der Waals surface area contributed by atoms with Crippen LogP contribution in [0.25, 0.3) is 0 Å². The van der Waals surface area contributed by atoms with Crippen LogP contribution < -0.4 is 20.7 Å². The van der Waals surface area contributed by atoms with E-state index >= 15 is 0 Å². The molecule has 1 aliphatic rings. The molecule has 0 saturated heterocycles. The van der Waals surface area contributed by atoms with Gasteiger partial charge in [-0.3, -0.25) is 14.7 Å². The lowest BCUT2D eigenvalue weighted by Crippen LogP contribution is -2.48. The number of benzene rings is 2. The number of aromatic nitrogens is 2. The molecule has 11 nitrogen and oxygen atoms in total. The molecule has 1 atom stereocenters. The van der Waals surface area contributed by atoms with E-state index in [9.17, 15) is 14.4 Å². The van der Waals surface area contributed by atoms with E-state index < -0.39 is 11.4 Å². The molecule has 4 amide bonds. The molecule has 0 unspecified atom stereocenters. The van der Waals surface area contributed by atoms with E-state index in [1.165, 1.54) is 7.11 Å². The topological polar surface area (TPSA) is 132 Å². The van der Waals surface area contributed by atoms with Crippen molar-refractivity contribution in [3.8, 4) is 5.75 Å². The maximum Gasteiger partial charge on any atom is 0.319 e. The van der Waals surface area contributed by atoms with Crippen LogP contribution in [0.3, 0.4) is 0 Å². The molecule has 0 aliphatic carbocycles. The summed E-state index contributed by atoms with van der Waals surface area (Å²) in [7, 11) is 5.37. The number of carbonyl (C=O) groups is 3. The highest BCUT2D eigenvalue weighted by Gasteiger charge is 2.44.